The minimum Gasteiger partial charge on any atom is -0.437 e. The third-order valence-corrected chi connectivity index (χ3v) is 5.87. The van der Waals surface area contributed by atoms with E-state index in [2.05, 4.69) is 93.0 Å². The quantitative estimate of drug-likeness (QED) is 0.322. The lowest BCUT2D eigenvalue weighted by Crippen LogP contribution is -2.32. The van der Waals surface area contributed by atoms with Crippen molar-refractivity contribution in [2.75, 3.05) is 0 Å². The van der Waals surface area contributed by atoms with Crippen LogP contribution in [0.15, 0.2) is 65.3 Å². The molecule has 0 bridgehead atoms. The Morgan fingerprint density at radius 1 is 0.966 bits per heavy atom. The van der Waals surface area contributed by atoms with Gasteiger partial charge in [-0.2, -0.15) is 0 Å². The number of aryl methyl sites for hydroxylation is 2. The summed E-state index contributed by atoms with van der Waals surface area (Å²) >= 11 is 0. The SMILES string of the molecule is Cc1ccc2c(oc3ncc4ccccc4c32)c1-c1cc(C(C)(C)C)cc[n+]1C. The van der Waals surface area contributed by atoms with Crippen LogP contribution in [-0.2, 0) is 12.5 Å². The number of hydrogen-bond acceptors (Lipinski definition) is 2. The summed E-state index contributed by atoms with van der Waals surface area (Å²) in [6.07, 6.45) is 4.04. The number of rotatable bonds is 1. The van der Waals surface area contributed by atoms with Crippen molar-refractivity contribution < 1.29 is 8.98 Å². The molecular weight excluding hydrogens is 356 g/mol. The van der Waals surface area contributed by atoms with E-state index in [4.69, 9.17) is 4.42 Å². The number of fused-ring (bicyclic) bond motifs is 5. The van der Waals surface area contributed by atoms with Gasteiger partial charge < -0.3 is 4.42 Å². The Hall–Kier alpha value is -3.20. The summed E-state index contributed by atoms with van der Waals surface area (Å²) in [6.45, 7) is 8.89. The zero-order valence-electron chi connectivity index (χ0n) is 17.6. The first-order valence-electron chi connectivity index (χ1n) is 10.0. The smallest absolute Gasteiger partial charge is 0.227 e. The molecule has 0 unspecified atom stereocenters. The fourth-order valence-corrected chi connectivity index (χ4v) is 4.17. The van der Waals surface area contributed by atoms with E-state index in [1.165, 1.54) is 16.5 Å². The van der Waals surface area contributed by atoms with Gasteiger partial charge in [0, 0.05) is 29.1 Å². The highest BCUT2D eigenvalue weighted by Crippen LogP contribution is 2.39. The second-order valence-electron chi connectivity index (χ2n) is 8.92. The van der Waals surface area contributed by atoms with Crippen LogP contribution in [0.5, 0.6) is 0 Å². The van der Waals surface area contributed by atoms with Gasteiger partial charge in [0.15, 0.2) is 11.8 Å². The largest absolute Gasteiger partial charge is 0.437 e. The minimum absolute atomic E-state index is 0.0798. The molecule has 2 aromatic carbocycles. The Balaban J connectivity index is 1.91. The van der Waals surface area contributed by atoms with E-state index in [9.17, 15) is 0 Å². The van der Waals surface area contributed by atoms with Gasteiger partial charge in [0.25, 0.3) is 0 Å². The highest BCUT2D eigenvalue weighted by Gasteiger charge is 2.24. The third-order valence-electron chi connectivity index (χ3n) is 5.87. The molecule has 5 rings (SSSR count). The molecule has 0 aliphatic rings. The van der Waals surface area contributed by atoms with Crippen LogP contribution in [0, 0.1) is 6.92 Å². The van der Waals surface area contributed by atoms with Crippen molar-refractivity contribution in [3.05, 3.63) is 72.1 Å². The lowest BCUT2D eigenvalue weighted by molar-refractivity contribution is -0.660. The van der Waals surface area contributed by atoms with Crippen LogP contribution in [0.2, 0.25) is 0 Å². The van der Waals surface area contributed by atoms with Crippen molar-refractivity contribution in [3.63, 3.8) is 0 Å². The highest BCUT2D eigenvalue weighted by atomic mass is 16.3. The molecule has 3 heterocycles. The molecule has 0 aliphatic carbocycles. The van der Waals surface area contributed by atoms with Gasteiger partial charge in [-0.3, -0.25) is 0 Å². The summed E-state index contributed by atoms with van der Waals surface area (Å²) < 4.78 is 8.56. The van der Waals surface area contributed by atoms with Crippen LogP contribution < -0.4 is 4.57 Å². The average Bonchev–Trinajstić information content (AvgIpc) is 3.07. The van der Waals surface area contributed by atoms with Crippen LogP contribution in [-0.4, -0.2) is 4.98 Å². The molecular formula is C26H25N2O+. The van der Waals surface area contributed by atoms with Crippen LogP contribution in [0.25, 0.3) is 44.1 Å². The molecule has 0 fully saturated rings. The normalized spacial score (nSPS) is 12.3. The van der Waals surface area contributed by atoms with Gasteiger partial charge in [0.05, 0.1) is 10.9 Å². The topological polar surface area (TPSA) is 29.9 Å². The predicted molar refractivity (Wildman–Crippen MR) is 119 cm³/mol. The molecule has 0 radical (unpaired) electrons. The zero-order valence-corrected chi connectivity index (χ0v) is 17.6. The van der Waals surface area contributed by atoms with Crippen LogP contribution in [0.4, 0.5) is 0 Å². The Kier molecular flexibility index (Phi) is 3.79. The van der Waals surface area contributed by atoms with Crippen LogP contribution >= 0.6 is 0 Å². The molecule has 3 nitrogen and oxygen atoms in total. The highest BCUT2D eigenvalue weighted by molar-refractivity contribution is 6.19. The second-order valence-corrected chi connectivity index (χ2v) is 8.92. The zero-order chi connectivity index (χ0) is 20.3. The van der Waals surface area contributed by atoms with Gasteiger partial charge in [0.2, 0.25) is 11.4 Å². The van der Waals surface area contributed by atoms with E-state index in [1.807, 2.05) is 12.3 Å². The lowest BCUT2D eigenvalue weighted by Gasteiger charge is -2.19. The summed E-state index contributed by atoms with van der Waals surface area (Å²) in [5.74, 6) is 0. The van der Waals surface area contributed by atoms with Crippen molar-refractivity contribution in [1.29, 1.82) is 0 Å². The van der Waals surface area contributed by atoms with Gasteiger partial charge >= 0.3 is 0 Å². The van der Waals surface area contributed by atoms with Crippen molar-refractivity contribution in [1.82, 2.24) is 4.98 Å². The fourth-order valence-electron chi connectivity index (χ4n) is 4.17. The fraction of sp³-hybridized carbons (Fsp3) is 0.231. The molecule has 0 N–H and O–H groups in total. The molecule has 0 atom stereocenters. The summed E-state index contributed by atoms with van der Waals surface area (Å²) in [7, 11) is 2.09. The van der Waals surface area contributed by atoms with E-state index in [-0.39, 0.29) is 5.41 Å². The van der Waals surface area contributed by atoms with Gasteiger partial charge in [0.1, 0.15) is 7.05 Å². The number of hydrogen-bond donors (Lipinski definition) is 0. The number of benzene rings is 2. The van der Waals surface area contributed by atoms with Crippen molar-refractivity contribution in [2.24, 2.45) is 7.05 Å². The Morgan fingerprint density at radius 2 is 1.76 bits per heavy atom. The van der Waals surface area contributed by atoms with Crippen molar-refractivity contribution >= 4 is 32.8 Å². The number of nitrogens with zero attached hydrogens (tertiary/aromatic N) is 2. The van der Waals surface area contributed by atoms with E-state index in [1.54, 1.807) is 0 Å². The number of furan rings is 1. The van der Waals surface area contributed by atoms with Gasteiger partial charge in [-0.25, -0.2) is 9.55 Å². The molecule has 0 aliphatic heterocycles. The van der Waals surface area contributed by atoms with E-state index < -0.39 is 0 Å². The van der Waals surface area contributed by atoms with E-state index >= 15 is 0 Å². The van der Waals surface area contributed by atoms with Gasteiger partial charge in [-0.05, 0) is 28.9 Å². The Labute approximate surface area is 170 Å². The van der Waals surface area contributed by atoms with Crippen LogP contribution in [0.3, 0.4) is 0 Å². The summed E-state index contributed by atoms with van der Waals surface area (Å²) in [6, 6.07) is 17.2. The molecule has 3 heteroatoms. The monoisotopic (exact) mass is 381 g/mol. The first kappa shape index (κ1) is 17.9. The molecule has 29 heavy (non-hydrogen) atoms. The first-order valence-corrected chi connectivity index (χ1v) is 10.0. The Morgan fingerprint density at radius 3 is 2.55 bits per heavy atom. The van der Waals surface area contributed by atoms with E-state index in [0.717, 1.165) is 33.0 Å². The molecule has 0 saturated heterocycles. The maximum absolute atomic E-state index is 6.38. The van der Waals surface area contributed by atoms with Gasteiger partial charge in [-0.15, -0.1) is 0 Å². The molecule has 144 valence electrons. The molecule has 5 aromatic rings. The van der Waals surface area contributed by atoms with Crippen LogP contribution in [0.1, 0.15) is 31.9 Å². The molecule has 0 amide bonds. The van der Waals surface area contributed by atoms with Crippen molar-refractivity contribution in [3.8, 4) is 11.3 Å². The first-order chi connectivity index (χ1) is 13.8. The van der Waals surface area contributed by atoms with E-state index in [0.29, 0.717) is 5.71 Å². The Bertz CT molecular complexity index is 1400. The minimum atomic E-state index is 0.0798. The number of pyridine rings is 2. The second kappa shape index (κ2) is 6.15. The standard InChI is InChI=1S/C26H25N2O/c1-16-10-11-20-23-19-9-7-6-8-17(19)15-27-25(23)29-24(20)22(16)21-14-18(26(2,3)4)12-13-28(21)5/h6-15H,1-5H3/q+1. The molecule has 3 aromatic heterocycles. The summed E-state index contributed by atoms with van der Waals surface area (Å²) in [5.41, 5.74) is 6.48. The maximum Gasteiger partial charge on any atom is 0.227 e. The lowest BCUT2D eigenvalue weighted by atomic mass is 9.86. The molecule has 0 saturated carbocycles. The third kappa shape index (κ3) is 2.72. The average molecular weight is 381 g/mol. The molecule has 0 spiro atoms. The predicted octanol–water partition coefficient (Wildman–Crippen LogP) is 6.23. The van der Waals surface area contributed by atoms with Gasteiger partial charge in [-0.1, -0.05) is 57.2 Å². The number of aromatic nitrogens is 2. The summed E-state index contributed by atoms with van der Waals surface area (Å²) in [4.78, 5) is 4.62. The summed E-state index contributed by atoms with van der Waals surface area (Å²) in [5, 5.41) is 4.52. The maximum atomic E-state index is 6.38. The van der Waals surface area contributed by atoms with Crippen molar-refractivity contribution in [2.45, 2.75) is 33.1 Å².